The van der Waals surface area contributed by atoms with Gasteiger partial charge in [0.15, 0.2) is 0 Å². The van der Waals surface area contributed by atoms with E-state index in [1.54, 1.807) is 0 Å². The van der Waals surface area contributed by atoms with Crippen LogP contribution in [0.2, 0.25) is 0 Å². The van der Waals surface area contributed by atoms with Crippen molar-refractivity contribution in [3.8, 4) is 0 Å². The number of ether oxygens (including phenoxy) is 1. The van der Waals surface area contributed by atoms with Crippen LogP contribution < -0.4 is 10.2 Å². The highest BCUT2D eigenvalue weighted by atomic mass is 16.5. The van der Waals surface area contributed by atoms with Crippen molar-refractivity contribution in [2.75, 3.05) is 57.4 Å². The van der Waals surface area contributed by atoms with Crippen LogP contribution in [0.1, 0.15) is 19.3 Å². The molecule has 1 unspecified atom stereocenters. The second-order valence-corrected chi connectivity index (χ2v) is 7.84. The van der Waals surface area contributed by atoms with Gasteiger partial charge in [0.25, 0.3) is 0 Å². The molecule has 152 valence electrons. The van der Waals surface area contributed by atoms with Crippen molar-refractivity contribution in [1.82, 2.24) is 19.8 Å². The zero-order valence-corrected chi connectivity index (χ0v) is 16.8. The summed E-state index contributed by atoms with van der Waals surface area (Å²) in [7, 11) is 2.06. The number of rotatable bonds is 6. The van der Waals surface area contributed by atoms with Crippen molar-refractivity contribution in [2.45, 2.75) is 19.3 Å². The van der Waals surface area contributed by atoms with Gasteiger partial charge in [0.05, 0.1) is 30.2 Å². The lowest BCUT2D eigenvalue weighted by Gasteiger charge is -2.32. The number of benzene rings is 1. The average Bonchev–Trinajstić information content (AvgIpc) is 3.09. The second kappa shape index (κ2) is 8.92. The Hall–Kier alpha value is -2.12. The molecule has 7 nitrogen and oxygen atoms in total. The molecule has 1 aromatic carbocycles. The summed E-state index contributed by atoms with van der Waals surface area (Å²) in [5.41, 5.74) is 2.14. The highest BCUT2D eigenvalue weighted by Gasteiger charge is 2.28. The molecule has 3 heterocycles. The molecule has 0 aliphatic carbocycles. The summed E-state index contributed by atoms with van der Waals surface area (Å²) in [6, 6.07) is 8.19. The molecule has 2 fully saturated rings. The van der Waals surface area contributed by atoms with Gasteiger partial charge in [-0.15, -0.1) is 0 Å². The van der Waals surface area contributed by atoms with E-state index in [1.165, 1.54) is 0 Å². The molecule has 7 heteroatoms. The van der Waals surface area contributed by atoms with Crippen LogP contribution in [-0.2, 0) is 16.6 Å². The molecule has 1 N–H and O–H groups in total. The molecule has 1 atom stereocenters. The molecule has 2 aliphatic rings. The number of anilines is 1. The highest BCUT2D eigenvalue weighted by Crippen LogP contribution is 2.26. The zero-order valence-electron chi connectivity index (χ0n) is 16.8. The first kappa shape index (κ1) is 19.2. The van der Waals surface area contributed by atoms with Gasteiger partial charge in [-0.25, -0.2) is 4.98 Å². The van der Waals surface area contributed by atoms with Crippen LogP contribution in [0.25, 0.3) is 11.0 Å². The number of piperidine rings is 1. The Labute approximate surface area is 166 Å². The molecule has 1 aromatic heterocycles. The first-order chi connectivity index (χ1) is 13.7. The van der Waals surface area contributed by atoms with Gasteiger partial charge in [-0.3, -0.25) is 9.69 Å². The molecule has 1 amide bonds. The number of amides is 1. The van der Waals surface area contributed by atoms with Crippen molar-refractivity contribution in [2.24, 2.45) is 13.0 Å². The van der Waals surface area contributed by atoms with Gasteiger partial charge in [-0.2, -0.15) is 0 Å². The summed E-state index contributed by atoms with van der Waals surface area (Å²) >= 11 is 0. The third kappa shape index (κ3) is 4.31. The Morgan fingerprint density at radius 2 is 2.07 bits per heavy atom. The van der Waals surface area contributed by atoms with E-state index in [1.807, 2.05) is 18.2 Å². The number of morpholine rings is 1. The van der Waals surface area contributed by atoms with Gasteiger partial charge < -0.3 is 19.5 Å². The number of carbonyl (C=O) groups excluding carboxylic acids is 1. The van der Waals surface area contributed by atoms with E-state index >= 15 is 0 Å². The minimum absolute atomic E-state index is 0.0388. The Morgan fingerprint density at radius 3 is 2.89 bits per heavy atom. The molecule has 2 aromatic rings. The fourth-order valence-corrected chi connectivity index (χ4v) is 4.27. The average molecular weight is 386 g/mol. The number of hydrogen-bond donors (Lipinski definition) is 1. The van der Waals surface area contributed by atoms with Gasteiger partial charge in [0.1, 0.15) is 0 Å². The number of para-hydroxylation sites is 2. The third-order valence-corrected chi connectivity index (χ3v) is 5.89. The monoisotopic (exact) mass is 385 g/mol. The van der Waals surface area contributed by atoms with Crippen LogP contribution >= 0.6 is 0 Å². The maximum absolute atomic E-state index is 12.7. The summed E-state index contributed by atoms with van der Waals surface area (Å²) in [5, 5.41) is 3.15. The molecule has 2 saturated heterocycles. The lowest BCUT2D eigenvalue weighted by Crippen LogP contribution is -2.44. The van der Waals surface area contributed by atoms with E-state index < -0.39 is 0 Å². The number of aromatic nitrogens is 2. The number of nitrogens with zero attached hydrogens (tertiary/aromatic N) is 4. The van der Waals surface area contributed by atoms with Crippen LogP contribution in [0.4, 0.5) is 5.95 Å². The Morgan fingerprint density at radius 1 is 1.25 bits per heavy atom. The molecule has 28 heavy (non-hydrogen) atoms. The molecule has 0 bridgehead atoms. The van der Waals surface area contributed by atoms with Gasteiger partial charge in [0, 0.05) is 39.8 Å². The summed E-state index contributed by atoms with van der Waals surface area (Å²) in [4.78, 5) is 22.2. The predicted octanol–water partition coefficient (Wildman–Crippen LogP) is 1.63. The van der Waals surface area contributed by atoms with Crippen LogP contribution in [0.15, 0.2) is 24.3 Å². The van der Waals surface area contributed by atoms with E-state index in [0.717, 1.165) is 88.7 Å². The first-order valence-electron chi connectivity index (χ1n) is 10.5. The van der Waals surface area contributed by atoms with E-state index in [0.29, 0.717) is 0 Å². The molecular weight excluding hydrogens is 354 g/mol. The molecular formula is C21H31N5O2. The van der Waals surface area contributed by atoms with Crippen molar-refractivity contribution in [1.29, 1.82) is 0 Å². The lowest BCUT2D eigenvalue weighted by molar-refractivity contribution is -0.125. The summed E-state index contributed by atoms with van der Waals surface area (Å²) in [6.45, 7) is 7.13. The van der Waals surface area contributed by atoms with Gasteiger partial charge in [0.2, 0.25) is 11.9 Å². The third-order valence-electron chi connectivity index (χ3n) is 5.89. The standard InChI is InChI=1S/C21H31N5O2/c1-24-19-8-3-2-7-18(19)23-21(24)26-11-4-6-17(16-26)20(27)22-9-5-10-25-12-14-28-15-13-25/h2-3,7-8,17H,4-6,9-16H2,1H3,(H,22,27). The maximum Gasteiger partial charge on any atom is 0.224 e. The SMILES string of the molecule is Cn1c(N2CCCC(C(=O)NCCCN3CCOCC3)C2)nc2ccccc21. The van der Waals surface area contributed by atoms with Gasteiger partial charge >= 0.3 is 0 Å². The molecule has 4 rings (SSSR count). The van der Waals surface area contributed by atoms with Crippen LogP contribution in [0, 0.1) is 5.92 Å². The summed E-state index contributed by atoms with van der Waals surface area (Å²) in [6.07, 6.45) is 2.97. The van der Waals surface area contributed by atoms with Crippen molar-refractivity contribution in [3.63, 3.8) is 0 Å². The Kier molecular flexibility index (Phi) is 6.12. The molecule has 0 saturated carbocycles. The smallest absolute Gasteiger partial charge is 0.224 e. The number of fused-ring (bicyclic) bond motifs is 1. The normalized spacial score (nSPS) is 21.2. The Bertz CT molecular complexity index is 799. The van der Waals surface area contributed by atoms with E-state index in [9.17, 15) is 4.79 Å². The van der Waals surface area contributed by atoms with Crippen molar-refractivity contribution in [3.05, 3.63) is 24.3 Å². The number of aryl methyl sites for hydroxylation is 1. The molecule has 0 radical (unpaired) electrons. The number of hydrogen-bond acceptors (Lipinski definition) is 5. The fraction of sp³-hybridized carbons (Fsp3) is 0.619. The minimum Gasteiger partial charge on any atom is -0.379 e. The van der Waals surface area contributed by atoms with E-state index in [-0.39, 0.29) is 11.8 Å². The maximum atomic E-state index is 12.7. The van der Waals surface area contributed by atoms with Crippen LogP contribution in [0.3, 0.4) is 0 Å². The van der Waals surface area contributed by atoms with Gasteiger partial charge in [-0.05, 0) is 37.9 Å². The Balaban J connectivity index is 1.29. The van der Waals surface area contributed by atoms with Crippen molar-refractivity contribution >= 4 is 22.9 Å². The first-order valence-corrected chi connectivity index (χ1v) is 10.5. The largest absolute Gasteiger partial charge is 0.379 e. The summed E-state index contributed by atoms with van der Waals surface area (Å²) in [5.74, 6) is 1.19. The van der Waals surface area contributed by atoms with E-state index in [4.69, 9.17) is 9.72 Å². The number of imidazole rings is 1. The second-order valence-electron chi connectivity index (χ2n) is 7.84. The summed E-state index contributed by atoms with van der Waals surface area (Å²) < 4.78 is 7.51. The fourth-order valence-electron chi connectivity index (χ4n) is 4.27. The topological polar surface area (TPSA) is 62.6 Å². The van der Waals surface area contributed by atoms with Crippen LogP contribution in [-0.4, -0.2) is 72.8 Å². The number of carbonyl (C=O) groups is 1. The predicted molar refractivity (Wildman–Crippen MR) is 111 cm³/mol. The lowest BCUT2D eigenvalue weighted by atomic mass is 9.97. The highest BCUT2D eigenvalue weighted by molar-refractivity contribution is 5.81. The quantitative estimate of drug-likeness (QED) is 0.766. The van der Waals surface area contributed by atoms with Gasteiger partial charge in [-0.1, -0.05) is 12.1 Å². The molecule has 2 aliphatic heterocycles. The zero-order chi connectivity index (χ0) is 19.3. The van der Waals surface area contributed by atoms with Crippen LogP contribution in [0.5, 0.6) is 0 Å². The van der Waals surface area contributed by atoms with E-state index in [2.05, 4.69) is 32.8 Å². The van der Waals surface area contributed by atoms with Crippen molar-refractivity contribution < 1.29 is 9.53 Å². The molecule has 0 spiro atoms. The minimum atomic E-state index is 0.0388. The number of nitrogens with one attached hydrogen (secondary N) is 1.